The molecule has 1 saturated heterocycles. The van der Waals surface area contributed by atoms with Gasteiger partial charge in [0.2, 0.25) is 0 Å². The molecular weight excluding hydrogens is 318 g/mol. The molecule has 4 nitrogen and oxygen atoms in total. The monoisotopic (exact) mass is 331 g/mol. The molecule has 0 amide bonds. The van der Waals surface area contributed by atoms with Gasteiger partial charge in [0, 0.05) is 16.6 Å². The van der Waals surface area contributed by atoms with Crippen molar-refractivity contribution >= 4 is 33.4 Å². The molecule has 1 fully saturated rings. The average molecular weight is 332 g/mol. The second-order valence-electron chi connectivity index (χ2n) is 4.28. The summed E-state index contributed by atoms with van der Waals surface area (Å²) in [5.41, 5.74) is 1.05. The predicted molar refractivity (Wildman–Crippen MR) is 76.9 cm³/mol. The molecule has 0 spiro atoms. The molecule has 98 valence electrons. The van der Waals surface area contributed by atoms with Crippen molar-refractivity contribution in [1.29, 1.82) is 0 Å². The second kappa shape index (κ2) is 5.93. The van der Waals surface area contributed by atoms with E-state index in [4.69, 9.17) is 4.74 Å². The first-order chi connectivity index (χ1) is 8.61. The fourth-order valence-corrected chi connectivity index (χ4v) is 4.54. The van der Waals surface area contributed by atoms with Gasteiger partial charge in [0.05, 0.1) is 12.0 Å². The Balaban J connectivity index is 2.18. The summed E-state index contributed by atoms with van der Waals surface area (Å²) in [6.45, 7) is 0. The third-order valence-corrected chi connectivity index (χ3v) is 5.82. The van der Waals surface area contributed by atoms with Crippen molar-refractivity contribution in [3.63, 3.8) is 0 Å². The van der Waals surface area contributed by atoms with Gasteiger partial charge in [-0.1, -0.05) is 22.0 Å². The van der Waals surface area contributed by atoms with Crippen LogP contribution in [0.5, 0.6) is 5.75 Å². The number of methoxy groups -OCH3 is 1. The Labute approximate surface area is 118 Å². The molecule has 2 unspecified atom stereocenters. The molecule has 1 aliphatic rings. The highest BCUT2D eigenvalue weighted by Crippen LogP contribution is 2.34. The largest absolute Gasteiger partial charge is 0.490 e. The Kier molecular flexibility index (Phi) is 4.50. The maximum Gasteiger partial charge on any atom is 0.311 e. The highest BCUT2D eigenvalue weighted by molar-refractivity contribution is 9.09. The zero-order valence-corrected chi connectivity index (χ0v) is 12.4. The molecule has 1 aromatic carbocycles. The minimum Gasteiger partial charge on any atom is -0.490 e. The Hall–Kier alpha value is -0.750. The average Bonchev–Trinajstić information content (AvgIpc) is 2.75. The van der Waals surface area contributed by atoms with Crippen molar-refractivity contribution in [2.75, 3.05) is 18.6 Å². The molecule has 2 rings (SSSR count). The van der Waals surface area contributed by atoms with E-state index < -0.39 is 4.92 Å². The van der Waals surface area contributed by atoms with Gasteiger partial charge in [-0.25, -0.2) is 0 Å². The van der Waals surface area contributed by atoms with Crippen LogP contribution in [0.25, 0.3) is 0 Å². The van der Waals surface area contributed by atoms with E-state index in [1.54, 1.807) is 12.1 Å². The van der Waals surface area contributed by atoms with E-state index in [1.165, 1.54) is 7.11 Å². The fraction of sp³-hybridized carbons (Fsp3) is 0.500. The van der Waals surface area contributed by atoms with Gasteiger partial charge >= 0.3 is 5.69 Å². The van der Waals surface area contributed by atoms with E-state index in [-0.39, 0.29) is 5.69 Å². The van der Waals surface area contributed by atoms with Crippen LogP contribution in [-0.2, 0) is 6.42 Å². The number of benzene rings is 1. The third kappa shape index (κ3) is 2.98. The van der Waals surface area contributed by atoms with Crippen molar-refractivity contribution in [3.05, 3.63) is 33.9 Å². The van der Waals surface area contributed by atoms with Crippen LogP contribution >= 0.6 is 27.7 Å². The standard InChI is InChI=1S/C12H14BrNO3S/c1-17-12-3-2-8(5-11(12)14(15)16)4-9-6-18-7-10(9)13/h2-3,5,9-10H,4,6-7H2,1H3. The van der Waals surface area contributed by atoms with Crippen LogP contribution in [0, 0.1) is 16.0 Å². The number of hydrogen-bond acceptors (Lipinski definition) is 4. The SMILES string of the molecule is COc1ccc(CC2CSCC2Br)cc1[N+](=O)[O-]. The molecule has 0 aliphatic carbocycles. The van der Waals surface area contributed by atoms with Crippen molar-refractivity contribution in [2.24, 2.45) is 5.92 Å². The van der Waals surface area contributed by atoms with Gasteiger partial charge < -0.3 is 4.74 Å². The molecule has 1 aromatic rings. The van der Waals surface area contributed by atoms with Gasteiger partial charge in [-0.05, 0) is 29.7 Å². The summed E-state index contributed by atoms with van der Waals surface area (Å²) in [5, 5.41) is 10.9. The molecule has 2 atom stereocenters. The fourth-order valence-electron chi connectivity index (χ4n) is 2.07. The lowest BCUT2D eigenvalue weighted by molar-refractivity contribution is -0.385. The van der Waals surface area contributed by atoms with Gasteiger partial charge in [0.1, 0.15) is 0 Å². The normalized spacial score (nSPS) is 23.0. The van der Waals surface area contributed by atoms with Crippen LogP contribution in [0.3, 0.4) is 0 Å². The van der Waals surface area contributed by atoms with Crippen molar-refractivity contribution in [3.8, 4) is 5.75 Å². The molecule has 0 bridgehead atoms. The number of nitro benzene ring substituents is 1. The predicted octanol–water partition coefficient (Wildman–Crippen LogP) is 3.27. The maximum atomic E-state index is 10.9. The van der Waals surface area contributed by atoms with Crippen LogP contribution in [0.1, 0.15) is 5.56 Å². The lowest BCUT2D eigenvalue weighted by atomic mass is 9.98. The number of nitro groups is 1. The molecule has 1 heterocycles. The number of alkyl halides is 1. The highest BCUT2D eigenvalue weighted by atomic mass is 79.9. The van der Waals surface area contributed by atoms with Gasteiger partial charge in [-0.15, -0.1) is 0 Å². The smallest absolute Gasteiger partial charge is 0.311 e. The first kappa shape index (κ1) is 13.7. The lowest BCUT2D eigenvalue weighted by Crippen LogP contribution is -2.14. The van der Waals surface area contributed by atoms with Crippen molar-refractivity contribution < 1.29 is 9.66 Å². The summed E-state index contributed by atoms with van der Waals surface area (Å²) in [6.07, 6.45) is 0.869. The lowest BCUT2D eigenvalue weighted by Gasteiger charge is -2.13. The summed E-state index contributed by atoms with van der Waals surface area (Å²) in [5.74, 6) is 3.08. The Morgan fingerprint density at radius 2 is 2.33 bits per heavy atom. The number of thioether (sulfide) groups is 1. The first-order valence-corrected chi connectivity index (χ1v) is 7.72. The zero-order valence-electron chi connectivity index (χ0n) is 9.97. The van der Waals surface area contributed by atoms with E-state index in [0.29, 0.717) is 16.5 Å². The molecule has 1 aliphatic heterocycles. The maximum absolute atomic E-state index is 10.9. The van der Waals surface area contributed by atoms with Gasteiger partial charge in [-0.2, -0.15) is 11.8 Å². The molecule has 0 radical (unpaired) electrons. The van der Waals surface area contributed by atoms with Gasteiger partial charge in [0.25, 0.3) is 0 Å². The molecule has 6 heteroatoms. The van der Waals surface area contributed by atoms with E-state index in [0.717, 1.165) is 23.5 Å². The zero-order chi connectivity index (χ0) is 13.1. The Bertz CT molecular complexity index is 455. The summed E-state index contributed by atoms with van der Waals surface area (Å²) in [4.78, 5) is 11.1. The number of nitrogens with zero attached hydrogens (tertiary/aromatic N) is 1. The Morgan fingerprint density at radius 1 is 1.56 bits per heavy atom. The summed E-state index contributed by atoms with van der Waals surface area (Å²) in [6, 6.07) is 5.22. The quantitative estimate of drug-likeness (QED) is 0.482. The third-order valence-electron chi connectivity index (χ3n) is 3.06. The van der Waals surface area contributed by atoms with Crippen molar-refractivity contribution in [1.82, 2.24) is 0 Å². The van der Waals surface area contributed by atoms with E-state index in [2.05, 4.69) is 15.9 Å². The van der Waals surface area contributed by atoms with E-state index in [9.17, 15) is 10.1 Å². The summed E-state index contributed by atoms with van der Waals surface area (Å²) >= 11 is 5.58. The minimum atomic E-state index is -0.392. The number of hydrogen-bond donors (Lipinski definition) is 0. The van der Waals surface area contributed by atoms with Crippen LogP contribution in [0.2, 0.25) is 0 Å². The topological polar surface area (TPSA) is 52.4 Å². The summed E-state index contributed by atoms with van der Waals surface area (Å²) < 4.78 is 5.00. The first-order valence-electron chi connectivity index (χ1n) is 5.65. The summed E-state index contributed by atoms with van der Waals surface area (Å²) in [7, 11) is 1.45. The molecule has 0 N–H and O–H groups in total. The number of halogens is 1. The molecule has 0 aromatic heterocycles. The van der Waals surface area contributed by atoms with Crippen LogP contribution in [0.15, 0.2) is 18.2 Å². The number of ether oxygens (including phenoxy) is 1. The Morgan fingerprint density at radius 3 is 2.89 bits per heavy atom. The van der Waals surface area contributed by atoms with Crippen molar-refractivity contribution in [2.45, 2.75) is 11.2 Å². The molecule has 0 saturated carbocycles. The van der Waals surface area contributed by atoms with Crippen LogP contribution < -0.4 is 4.74 Å². The van der Waals surface area contributed by atoms with E-state index >= 15 is 0 Å². The van der Waals surface area contributed by atoms with E-state index in [1.807, 2.05) is 17.8 Å². The van der Waals surface area contributed by atoms with Crippen LogP contribution in [-0.4, -0.2) is 28.4 Å². The molecule has 18 heavy (non-hydrogen) atoms. The van der Waals surface area contributed by atoms with Crippen LogP contribution in [0.4, 0.5) is 5.69 Å². The highest BCUT2D eigenvalue weighted by Gasteiger charge is 2.26. The number of rotatable bonds is 4. The minimum absolute atomic E-state index is 0.0479. The second-order valence-corrected chi connectivity index (χ2v) is 6.53. The van der Waals surface area contributed by atoms with Gasteiger partial charge in [0.15, 0.2) is 5.75 Å². The molecular formula is C12H14BrNO3S. The van der Waals surface area contributed by atoms with Gasteiger partial charge in [-0.3, -0.25) is 10.1 Å².